The molecule has 1 N–H and O–H groups in total. The van der Waals surface area contributed by atoms with Crippen LogP contribution in [-0.4, -0.2) is 29.6 Å². The van der Waals surface area contributed by atoms with Crippen LogP contribution in [0.4, 0.5) is 4.79 Å². The van der Waals surface area contributed by atoms with E-state index in [-0.39, 0.29) is 6.09 Å². The number of halogens is 1. The van der Waals surface area contributed by atoms with Crippen LogP contribution in [0.3, 0.4) is 0 Å². The lowest BCUT2D eigenvalue weighted by atomic mass is 10.1. The molecule has 2 heterocycles. The van der Waals surface area contributed by atoms with Crippen LogP contribution in [0.2, 0.25) is 5.02 Å². The minimum atomic E-state index is -0.274. The smallest absolute Gasteiger partial charge is 0.409 e. The van der Waals surface area contributed by atoms with Crippen LogP contribution in [0.15, 0.2) is 18.2 Å². The second-order valence-electron chi connectivity index (χ2n) is 4.41. The molecule has 1 amide bonds. The van der Waals surface area contributed by atoms with Crippen LogP contribution in [0.1, 0.15) is 11.3 Å². The summed E-state index contributed by atoms with van der Waals surface area (Å²) in [4.78, 5) is 16.6. The fourth-order valence-electron chi connectivity index (χ4n) is 2.48. The van der Waals surface area contributed by atoms with Gasteiger partial charge in [0, 0.05) is 40.1 Å². The van der Waals surface area contributed by atoms with Gasteiger partial charge in [0.1, 0.15) is 0 Å². The molecule has 1 aromatic carbocycles. The number of nitrogens with zero attached hydrogens (tertiary/aromatic N) is 1. The molecule has 0 bridgehead atoms. The summed E-state index contributed by atoms with van der Waals surface area (Å²) in [5.41, 5.74) is 3.38. The summed E-state index contributed by atoms with van der Waals surface area (Å²) in [6.07, 6.45) is 0.542. The summed E-state index contributed by atoms with van der Waals surface area (Å²) in [7, 11) is 1.41. The van der Waals surface area contributed by atoms with Gasteiger partial charge in [0.2, 0.25) is 0 Å². The lowest BCUT2D eigenvalue weighted by molar-refractivity contribution is 0.119. The highest BCUT2D eigenvalue weighted by molar-refractivity contribution is 6.31. The first kappa shape index (κ1) is 11.4. The van der Waals surface area contributed by atoms with Gasteiger partial charge in [0.15, 0.2) is 0 Å². The van der Waals surface area contributed by atoms with Crippen LogP contribution in [-0.2, 0) is 17.7 Å². The summed E-state index contributed by atoms with van der Waals surface area (Å²) in [5, 5.41) is 1.84. The molecule has 1 aromatic heterocycles. The minimum Gasteiger partial charge on any atom is -0.453 e. The van der Waals surface area contributed by atoms with E-state index in [4.69, 9.17) is 16.3 Å². The third-order valence-corrected chi connectivity index (χ3v) is 3.61. The molecular formula is C13H13ClN2O2. The second kappa shape index (κ2) is 4.21. The minimum absolute atomic E-state index is 0.274. The van der Waals surface area contributed by atoms with Crippen molar-refractivity contribution in [3.63, 3.8) is 0 Å². The summed E-state index contributed by atoms with van der Waals surface area (Å²) < 4.78 is 4.77. The van der Waals surface area contributed by atoms with Gasteiger partial charge >= 0.3 is 6.09 Å². The maximum atomic E-state index is 11.6. The van der Waals surface area contributed by atoms with Crippen LogP contribution in [0.5, 0.6) is 0 Å². The number of amides is 1. The van der Waals surface area contributed by atoms with Gasteiger partial charge in [-0.1, -0.05) is 17.7 Å². The molecule has 94 valence electrons. The lowest BCUT2D eigenvalue weighted by Gasteiger charge is -2.25. The number of ether oxygens (including phenoxy) is 1. The molecule has 1 aliphatic heterocycles. The molecule has 0 radical (unpaired) electrons. The largest absolute Gasteiger partial charge is 0.453 e. The molecule has 0 fully saturated rings. The Kier molecular flexibility index (Phi) is 2.67. The summed E-state index contributed by atoms with van der Waals surface area (Å²) in [5.74, 6) is 0. The molecule has 0 unspecified atom stereocenters. The van der Waals surface area contributed by atoms with Gasteiger partial charge in [0.25, 0.3) is 0 Å². The van der Waals surface area contributed by atoms with E-state index in [1.165, 1.54) is 18.4 Å². The fraction of sp³-hybridized carbons (Fsp3) is 0.308. The maximum Gasteiger partial charge on any atom is 0.409 e. The highest BCUT2D eigenvalue weighted by Gasteiger charge is 2.24. The third-order valence-electron chi connectivity index (χ3n) is 3.37. The predicted molar refractivity (Wildman–Crippen MR) is 69.8 cm³/mol. The number of methoxy groups -OCH3 is 1. The van der Waals surface area contributed by atoms with E-state index in [0.29, 0.717) is 18.1 Å². The van der Waals surface area contributed by atoms with Crippen molar-refractivity contribution in [2.24, 2.45) is 0 Å². The van der Waals surface area contributed by atoms with Gasteiger partial charge in [-0.3, -0.25) is 0 Å². The normalized spacial score (nSPS) is 14.7. The number of benzene rings is 1. The highest BCUT2D eigenvalue weighted by atomic mass is 35.5. The van der Waals surface area contributed by atoms with Crippen LogP contribution >= 0.6 is 11.6 Å². The first-order valence-electron chi connectivity index (χ1n) is 5.81. The van der Waals surface area contributed by atoms with E-state index in [0.717, 1.165) is 17.3 Å². The van der Waals surface area contributed by atoms with Crippen LogP contribution in [0, 0.1) is 0 Å². The average Bonchev–Trinajstić information content (AvgIpc) is 2.74. The molecule has 2 aromatic rings. The molecule has 0 atom stereocenters. The molecule has 5 heteroatoms. The number of nitrogens with one attached hydrogen (secondary N) is 1. The van der Waals surface area contributed by atoms with Crippen molar-refractivity contribution in [1.82, 2.24) is 9.88 Å². The Morgan fingerprint density at radius 1 is 1.50 bits per heavy atom. The van der Waals surface area contributed by atoms with E-state index in [9.17, 15) is 4.79 Å². The van der Waals surface area contributed by atoms with Crippen molar-refractivity contribution < 1.29 is 9.53 Å². The Balaban J connectivity index is 2.04. The standard InChI is InChI=1S/C13H13ClN2O2/c1-18-13(17)16-5-4-11-10(7-16)9-3-2-8(14)6-12(9)15-11/h2-3,6,15H,4-5,7H2,1H3. The number of aromatic amines is 1. The van der Waals surface area contributed by atoms with Crippen molar-refractivity contribution >= 4 is 28.6 Å². The summed E-state index contributed by atoms with van der Waals surface area (Å²) in [6, 6.07) is 5.78. The van der Waals surface area contributed by atoms with Crippen molar-refractivity contribution in [3.05, 3.63) is 34.5 Å². The number of rotatable bonds is 0. The average molecular weight is 265 g/mol. The van der Waals surface area contributed by atoms with Crippen LogP contribution < -0.4 is 0 Å². The Hall–Kier alpha value is -1.68. The van der Waals surface area contributed by atoms with Gasteiger partial charge < -0.3 is 14.6 Å². The monoisotopic (exact) mass is 264 g/mol. The maximum absolute atomic E-state index is 11.6. The number of fused-ring (bicyclic) bond motifs is 3. The Morgan fingerprint density at radius 3 is 3.11 bits per heavy atom. The molecule has 0 aliphatic carbocycles. The summed E-state index contributed by atoms with van der Waals surface area (Å²) >= 11 is 5.98. The zero-order valence-electron chi connectivity index (χ0n) is 10.00. The third kappa shape index (κ3) is 1.73. The van der Waals surface area contributed by atoms with Gasteiger partial charge in [0.05, 0.1) is 13.7 Å². The number of carbonyl (C=O) groups is 1. The van der Waals surface area contributed by atoms with E-state index in [1.807, 2.05) is 18.2 Å². The quantitative estimate of drug-likeness (QED) is 0.795. The van der Waals surface area contributed by atoms with Gasteiger partial charge in [-0.15, -0.1) is 0 Å². The van der Waals surface area contributed by atoms with Gasteiger partial charge in [-0.25, -0.2) is 4.79 Å². The SMILES string of the molecule is COC(=O)N1CCc2[nH]c3cc(Cl)ccc3c2C1. The summed E-state index contributed by atoms with van der Waals surface area (Å²) in [6.45, 7) is 1.27. The molecule has 1 aliphatic rings. The molecule has 3 rings (SSSR count). The van der Waals surface area contributed by atoms with E-state index < -0.39 is 0 Å². The zero-order chi connectivity index (χ0) is 12.7. The van der Waals surface area contributed by atoms with Crippen molar-refractivity contribution in [3.8, 4) is 0 Å². The first-order valence-corrected chi connectivity index (χ1v) is 6.18. The number of H-pyrrole nitrogens is 1. The fourth-order valence-corrected chi connectivity index (χ4v) is 2.65. The number of aromatic nitrogens is 1. The Bertz CT molecular complexity index is 621. The topological polar surface area (TPSA) is 45.3 Å². The van der Waals surface area contributed by atoms with Crippen molar-refractivity contribution in [1.29, 1.82) is 0 Å². The van der Waals surface area contributed by atoms with E-state index in [2.05, 4.69) is 4.98 Å². The zero-order valence-corrected chi connectivity index (χ0v) is 10.8. The molecule has 0 saturated carbocycles. The van der Waals surface area contributed by atoms with E-state index in [1.54, 1.807) is 4.90 Å². The Labute approximate surface area is 109 Å². The van der Waals surface area contributed by atoms with Crippen molar-refractivity contribution in [2.75, 3.05) is 13.7 Å². The number of hydrogen-bond donors (Lipinski definition) is 1. The van der Waals surface area contributed by atoms with E-state index >= 15 is 0 Å². The predicted octanol–water partition coefficient (Wildman–Crippen LogP) is 2.95. The van der Waals surface area contributed by atoms with Crippen molar-refractivity contribution in [2.45, 2.75) is 13.0 Å². The van der Waals surface area contributed by atoms with Gasteiger partial charge in [-0.2, -0.15) is 0 Å². The molecule has 0 spiro atoms. The molecule has 4 nitrogen and oxygen atoms in total. The number of hydrogen-bond acceptors (Lipinski definition) is 2. The first-order chi connectivity index (χ1) is 8.69. The lowest BCUT2D eigenvalue weighted by Crippen LogP contribution is -2.35. The van der Waals surface area contributed by atoms with Gasteiger partial charge in [-0.05, 0) is 12.1 Å². The molecule has 18 heavy (non-hydrogen) atoms. The molecule has 0 saturated heterocycles. The second-order valence-corrected chi connectivity index (χ2v) is 4.85. The molecular weight excluding hydrogens is 252 g/mol. The number of carbonyl (C=O) groups excluding carboxylic acids is 1. The Morgan fingerprint density at radius 2 is 2.33 bits per heavy atom. The van der Waals surface area contributed by atoms with Crippen LogP contribution in [0.25, 0.3) is 10.9 Å². The highest BCUT2D eigenvalue weighted by Crippen LogP contribution is 2.29.